The van der Waals surface area contributed by atoms with Crippen molar-refractivity contribution in [1.29, 1.82) is 0 Å². The first kappa shape index (κ1) is 8.73. The van der Waals surface area contributed by atoms with Gasteiger partial charge in [-0.05, 0) is 24.8 Å². The second-order valence-electron chi connectivity index (χ2n) is 4.22. The maximum atomic E-state index is 12.0. The van der Waals surface area contributed by atoms with Gasteiger partial charge in [0, 0.05) is 25.3 Å². The largest absolute Gasteiger partial charge is 0.307 e. The summed E-state index contributed by atoms with van der Waals surface area (Å²) in [6.45, 7) is 2.30. The Morgan fingerprint density at radius 1 is 1.29 bits per heavy atom. The van der Waals surface area contributed by atoms with Gasteiger partial charge in [0.25, 0.3) is 0 Å². The molecule has 2 heterocycles. The van der Waals surface area contributed by atoms with Gasteiger partial charge in [-0.2, -0.15) is 0 Å². The molecule has 0 spiro atoms. The fourth-order valence-corrected chi connectivity index (χ4v) is 4.19. The highest BCUT2D eigenvalue weighted by Crippen LogP contribution is 2.37. The van der Waals surface area contributed by atoms with E-state index in [1.54, 1.807) is 4.31 Å². The summed E-state index contributed by atoms with van der Waals surface area (Å²) >= 11 is 0. The molecule has 0 bridgehead atoms. The number of hydrogen-bond donors (Lipinski definition) is 1. The molecular weight excluding hydrogens is 200 g/mol. The topological polar surface area (TPSA) is 49.4 Å². The van der Waals surface area contributed by atoms with Crippen molar-refractivity contribution < 1.29 is 8.42 Å². The summed E-state index contributed by atoms with van der Waals surface area (Å²) in [5.41, 5.74) is 2.34. The van der Waals surface area contributed by atoms with Gasteiger partial charge in [0.05, 0.1) is 5.25 Å². The quantitative estimate of drug-likeness (QED) is 0.706. The second-order valence-corrected chi connectivity index (χ2v) is 6.36. The third-order valence-electron chi connectivity index (χ3n) is 3.21. The van der Waals surface area contributed by atoms with E-state index < -0.39 is 10.0 Å². The monoisotopic (exact) mass is 214 g/mol. The van der Waals surface area contributed by atoms with E-state index in [1.165, 1.54) is 5.57 Å². The van der Waals surface area contributed by atoms with Crippen LogP contribution in [0.15, 0.2) is 11.3 Å². The molecule has 0 aromatic carbocycles. The lowest BCUT2D eigenvalue weighted by atomic mass is 10.2. The van der Waals surface area contributed by atoms with Crippen LogP contribution in [0.3, 0.4) is 0 Å². The Bertz CT molecular complexity index is 395. The van der Waals surface area contributed by atoms with E-state index in [0.717, 1.165) is 38.0 Å². The minimum absolute atomic E-state index is 0.0741. The molecular formula is C9H14N2O2S. The van der Waals surface area contributed by atoms with Crippen LogP contribution in [-0.4, -0.2) is 37.6 Å². The Hall–Kier alpha value is -0.550. The standard InChI is InChI=1S/C9H14N2O2S/c12-14(13,8-1-2-8)11-4-3-7-5-10-6-9(7)11/h8,10H,1-6H2. The minimum atomic E-state index is -2.98. The Morgan fingerprint density at radius 3 is 2.79 bits per heavy atom. The summed E-state index contributed by atoms with van der Waals surface area (Å²) < 4.78 is 25.7. The molecule has 3 aliphatic rings. The van der Waals surface area contributed by atoms with Gasteiger partial charge in [-0.3, -0.25) is 4.31 Å². The molecule has 0 aromatic rings. The number of nitrogens with zero attached hydrogens (tertiary/aromatic N) is 1. The van der Waals surface area contributed by atoms with Crippen LogP contribution in [0.2, 0.25) is 0 Å². The van der Waals surface area contributed by atoms with Crippen molar-refractivity contribution >= 4 is 10.0 Å². The maximum Gasteiger partial charge on any atom is 0.237 e. The van der Waals surface area contributed by atoms with Crippen molar-refractivity contribution in [2.45, 2.75) is 24.5 Å². The molecule has 0 amide bonds. The zero-order chi connectivity index (χ0) is 9.76. The van der Waals surface area contributed by atoms with Gasteiger partial charge >= 0.3 is 0 Å². The maximum absolute atomic E-state index is 12.0. The van der Waals surface area contributed by atoms with Gasteiger partial charge < -0.3 is 5.32 Å². The Labute approximate surface area is 84.0 Å². The fraction of sp³-hybridized carbons (Fsp3) is 0.778. The molecule has 78 valence electrons. The minimum Gasteiger partial charge on any atom is -0.307 e. The fourth-order valence-electron chi connectivity index (χ4n) is 2.25. The van der Waals surface area contributed by atoms with Crippen LogP contribution in [0.4, 0.5) is 0 Å². The lowest BCUT2D eigenvalue weighted by molar-refractivity contribution is 0.488. The van der Waals surface area contributed by atoms with Crippen LogP contribution < -0.4 is 5.32 Å². The summed E-state index contributed by atoms with van der Waals surface area (Å²) in [4.78, 5) is 0. The van der Waals surface area contributed by atoms with Gasteiger partial charge in [-0.25, -0.2) is 8.42 Å². The molecule has 5 heteroatoms. The summed E-state index contributed by atoms with van der Waals surface area (Å²) in [6, 6.07) is 0. The first-order valence-corrected chi connectivity index (χ1v) is 6.63. The van der Waals surface area contributed by atoms with E-state index in [2.05, 4.69) is 5.32 Å². The van der Waals surface area contributed by atoms with Crippen molar-refractivity contribution in [3.63, 3.8) is 0 Å². The molecule has 2 aliphatic heterocycles. The average molecular weight is 214 g/mol. The highest BCUT2D eigenvalue weighted by Gasteiger charge is 2.43. The lowest BCUT2D eigenvalue weighted by Gasteiger charge is -2.20. The normalized spacial score (nSPS) is 27.3. The van der Waals surface area contributed by atoms with E-state index in [-0.39, 0.29) is 5.25 Å². The van der Waals surface area contributed by atoms with Crippen molar-refractivity contribution in [3.8, 4) is 0 Å². The number of rotatable bonds is 2. The van der Waals surface area contributed by atoms with E-state index in [4.69, 9.17) is 0 Å². The van der Waals surface area contributed by atoms with E-state index in [9.17, 15) is 8.42 Å². The molecule has 1 N–H and O–H groups in total. The molecule has 0 saturated heterocycles. The molecule has 1 saturated carbocycles. The SMILES string of the molecule is O=S(=O)(C1CC1)N1CCC2=C1CNC2. The number of sulfonamides is 1. The van der Waals surface area contributed by atoms with Crippen LogP contribution in [0.1, 0.15) is 19.3 Å². The first-order valence-electron chi connectivity index (χ1n) is 5.13. The van der Waals surface area contributed by atoms with Gasteiger partial charge in [-0.15, -0.1) is 0 Å². The summed E-state index contributed by atoms with van der Waals surface area (Å²) in [6.07, 6.45) is 2.64. The third kappa shape index (κ3) is 1.12. The van der Waals surface area contributed by atoms with Crippen molar-refractivity contribution in [1.82, 2.24) is 9.62 Å². The highest BCUT2D eigenvalue weighted by molar-refractivity contribution is 7.90. The summed E-state index contributed by atoms with van der Waals surface area (Å²) in [7, 11) is -2.98. The highest BCUT2D eigenvalue weighted by atomic mass is 32.2. The Kier molecular flexibility index (Phi) is 1.70. The van der Waals surface area contributed by atoms with Crippen LogP contribution in [-0.2, 0) is 10.0 Å². The zero-order valence-electron chi connectivity index (χ0n) is 7.99. The predicted octanol–water partition coefficient (Wildman–Crippen LogP) is 0.0416. The van der Waals surface area contributed by atoms with Gasteiger partial charge in [0.2, 0.25) is 10.0 Å². The zero-order valence-corrected chi connectivity index (χ0v) is 8.81. The van der Waals surface area contributed by atoms with Crippen LogP contribution in [0, 0.1) is 0 Å². The van der Waals surface area contributed by atoms with Gasteiger partial charge in [0.1, 0.15) is 0 Å². The number of nitrogens with one attached hydrogen (secondary N) is 1. The molecule has 1 aliphatic carbocycles. The molecule has 3 rings (SSSR count). The molecule has 0 unspecified atom stereocenters. The van der Waals surface area contributed by atoms with E-state index in [0.29, 0.717) is 6.54 Å². The molecule has 1 fully saturated rings. The molecule has 0 aromatic heterocycles. The van der Waals surface area contributed by atoms with Crippen LogP contribution in [0.5, 0.6) is 0 Å². The average Bonchev–Trinajstić information content (AvgIpc) is 2.75. The number of hydrogen-bond acceptors (Lipinski definition) is 3. The van der Waals surface area contributed by atoms with Crippen LogP contribution in [0.25, 0.3) is 0 Å². The Morgan fingerprint density at radius 2 is 2.07 bits per heavy atom. The smallest absolute Gasteiger partial charge is 0.237 e. The molecule has 14 heavy (non-hydrogen) atoms. The lowest BCUT2D eigenvalue weighted by Crippen LogP contribution is -2.33. The van der Waals surface area contributed by atoms with Gasteiger partial charge in [0.15, 0.2) is 0 Å². The summed E-state index contributed by atoms with van der Waals surface area (Å²) in [5, 5.41) is 3.13. The molecule has 0 atom stereocenters. The van der Waals surface area contributed by atoms with Crippen LogP contribution >= 0.6 is 0 Å². The van der Waals surface area contributed by atoms with E-state index >= 15 is 0 Å². The molecule has 4 nitrogen and oxygen atoms in total. The van der Waals surface area contributed by atoms with Gasteiger partial charge in [-0.1, -0.05) is 0 Å². The van der Waals surface area contributed by atoms with E-state index in [1.807, 2.05) is 0 Å². The second kappa shape index (κ2) is 2.73. The predicted molar refractivity (Wildman–Crippen MR) is 53.2 cm³/mol. The first-order chi connectivity index (χ1) is 6.69. The summed E-state index contributed by atoms with van der Waals surface area (Å²) in [5.74, 6) is 0. The van der Waals surface area contributed by atoms with Crippen molar-refractivity contribution in [3.05, 3.63) is 11.3 Å². The Balaban J connectivity index is 1.93. The van der Waals surface area contributed by atoms with Crippen molar-refractivity contribution in [2.24, 2.45) is 0 Å². The molecule has 0 radical (unpaired) electrons. The third-order valence-corrected chi connectivity index (χ3v) is 5.54. The van der Waals surface area contributed by atoms with Crippen molar-refractivity contribution in [2.75, 3.05) is 19.6 Å².